The lowest BCUT2D eigenvalue weighted by atomic mass is 10.2. The molecule has 2 nitrogen and oxygen atoms in total. The number of rotatable bonds is 5. The van der Waals surface area contributed by atoms with Crippen molar-refractivity contribution in [3.05, 3.63) is 90.0 Å². The maximum absolute atomic E-state index is 4.75. The second kappa shape index (κ2) is 7.54. The molecule has 0 amide bonds. The highest BCUT2D eigenvalue weighted by Crippen LogP contribution is 2.31. The van der Waals surface area contributed by atoms with Gasteiger partial charge in [-0.05, 0) is 54.4 Å². The summed E-state index contributed by atoms with van der Waals surface area (Å²) in [6, 6.07) is 25.2. The molecule has 0 saturated heterocycles. The van der Waals surface area contributed by atoms with Crippen LogP contribution in [0.25, 0.3) is 26.9 Å². The number of hydrogen-bond donors (Lipinski definition) is 1. The lowest BCUT2D eigenvalue weighted by Crippen LogP contribution is -1.97. The third kappa shape index (κ3) is 3.84. The number of hydrogen-bond acceptors (Lipinski definition) is 3. The van der Waals surface area contributed by atoms with Crippen LogP contribution in [-0.2, 0) is 0 Å². The van der Waals surface area contributed by atoms with Crippen molar-refractivity contribution < 1.29 is 0 Å². The van der Waals surface area contributed by atoms with Gasteiger partial charge in [-0.2, -0.15) is 0 Å². The molecular weight excluding hydrogens is 336 g/mol. The van der Waals surface area contributed by atoms with Crippen molar-refractivity contribution in [3.63, 3.8) is 0 Å². The molecule has 0 unspecified atom stereocenters. The average molecular weight is 356 g/mol. The first-order valence-electron chi connectivity index (χ1n) is 8.71. The second-order valence-corrected chi connectivity index (χ2v) is 7.29. The summed E-state index contributed by atoms with van der Waals surface area (Å²) in [5.41, 5.74) is 5.84. The number of fused-ring (bicyclic) bond motifs is 1. The van der Waals surface area contributed by atoms with E-state index in [0.717, 1.165) is 28.3 Å². The van der Waals surface area contributed by atoms with Crippen LogP contribution >= 0.6 is 11.3 Å². The third-order valence-corrected chi connectivity index (χ3v) is 5.28. The molecule has 0 aliphatic carbocycles. The van der Waals surface area contributed by atoms with Crippen LogP contribution in [0.15, 0.2) is 78.9 Å². The standard InChI is InChI=1S/C23H20N2S/c1-17-9-14-21-22(16-17)26-23(25-21)19-10-12-20(13-11-19)24-15-5-8-18-6-3-2-4-7-18/h2-14,16,24H,15H2,1H3/b8-5+. The van der Waals surface area contributed by atoms with Gasteiger partial charge in [0.05, 0.1) is 10.2 Å². The van der Waals surface area contributed by atoms with E-state index >= 15 is 0 Å². The van der Waals surface area contributed by atoms with Crippen molar-refractivity contribution >= 4 is 33.3 Å². The Balaban J connectivity index is 1.42. The molecule has 0 fully saturated rings. The topological polar surface area (TPSA) is 24.9 Å². The van der Waals surface area contributed by atoms with Crippen molar-refractivity contribution in [3.8, 4) is 10.6 Å². The fourth-order valence-electron chi connectivity index (χ4n) is 2.82. The Morgan fingerprint density at radius 3 is 2.58 bits per heavy atom. The lowest BCUT2D eigenvalue weighted by Gasteiger charge is -2.04. The van der Waals surface area contributed by atoms with Gasteiger partial charge >= 0.3 is 0 Å². The van der Waals surface area contributed by atoms with Gasteiger partial charge in [-0.3, -0.25) is 0 Å². The highest BCUT2D eigenvalue weighted by atomic mass is 32.1. The van der Waals surface area contributed by atoms with Gasteiger partial charge in [-0.1, -0.05) is 48.6 Å². The van der Waals surface area contributed by atoms with Crippen molar-refractivity contribution in [1.29, 1.82) is 0 Å². The van der Waals surface area contributed by atoms with Crippen LogP contribution in [-0.4, -0.2) is 11.5 Å². The molecule has 0 atom stereocenters. The minimum atomic E-state index is 0.800. The molecule has 0 aliphatic heterocycles. The maximum Gasteiger partial charge on any atom is 0.124 e. The molecule has 0 spiro atoms. The molecule has 26 heavy (non-hydrogen) atoms. The van der Waals surface area contributed by atoms with Crippen LogP contribution in [0, 0.1) is 6.92 Å². The Labute approximate surface area is 157 Å². The smallest absolute Gasteiger partial charge is 0.124 e. The summed E-state index contributed by atoms with van der Waals surface area (Å²) in [5, 5.41) is 4.49. The zero-order valence-corrected chi connectivity index (χ0v) is 15.5. The summed E-state index contributed by atoms with van der Waals surface area (Å²) < 4.78 is 1.24. The number of nitrogens with zero attached hydrogens (tertiary/aromatic N) is 1. The van der Waals surface area contributed by atoms with Crippen LogP contribution in [0.3, 0.4) is 0 Å². The number of aromatic nitrogens is 1. The van der Waals surface area contributed by atoms with Crippen molar-refractivity contribution in [2.45, 2.75) is 6.92 Å². The van der Waals surface area contributed by atoms with Crippen LogP contribution in [0.4, 0.5) is 5.69 Å². The summed E-state index contributed by atoms with van der Waals surface area (Å²) in [4.78, 5) is 4.75. The SMILES string of the molecule is Cc1ccc2nc(-c3ccc(NC/C=C/c4ccccc4)cc3)sc2c1. The molecular formula is C23H20N2S. The van der Waals surface area contributed by atoms with Crippen LogP contribution in [0.2, 0.25) is 0 Å². The molecule has 128 valence electrons. The van der Waals surface area contributed by atoms with E-state index in [1.165, 1.54) is 15.8 Å². The zero-order valence-electron chi connectivity index (χ0n) is 14.6. The van der Waals surface area contributed by atoms with Crippen molar-refractivity contribution in [2.24, 2.45) is 0 Å². The predicted octanol–water partition coefficient (Wildman–Crippen LogP) is 6.40. The molecule has 0 radical (unpaired) electrons. The number of nitrogens with one attached hydrogen (secondary N) is 1. The van der Waals surface area contributed by atoms with Gasteiger partial charge in [0.2, 0.25) is 0 Å². The fraction of sp³-hybridized carbons (Fsp3) is 0.0870. The van der Waals surface area contributed by atoms with Gasteiger partial charge in [0.25, 0.3) is 0 Å². The van der Waals surface area contributed by atoms with E-state index in [9.17, 15) is 0 Å². The predicted molar refractivity (Wildman–Crippen MR) is 114 cm³/mol. The molecule has 3 heteroatoms. The zero-order chi connectivity index (χ0) is 17.8. The summed E-state index contributed by atoms with van der Waals surface area (Å²) in [6.45, 7) is 2.92. The summed E-state index contributed by atoms with van der Waals surface area (Å²) in [5.74, 6) is 0. The van der Waals surface area contributed by atoms with Gasteiger partial charge in [-0.25, -0.2) is 4.98 Å². The molecule has 4 aromatic rings. The Hall–Kier alpha value is -2.91. The number of benzene rings is 3. The van der Waals surface area contributed by atoms with Crippen molar-refractivity contribution in [1.82, 2.24) is 4.98 Å². The van der Waals surface area contributed by atoms with Crippen LogP contribution in [0.5, 0.6) is 0 Å². The Morgan fingerprint density at radius 2 is 1.77 bits per heavy atom. The highest BCUT2D eigenvalue weighted by molar-refractivity contribution is 7.21. The van der Waals surface area contributed by atoms with Gasteiger partial charge in [-0.15, -0.1) is 11.3 Å². The van der Waals surface area contributed by atoms with Crippen LogP contribution < -0.4 is 5.32 Å². The molecule has 0 aliphatic rings. The Bertz CT molecular complexity index is 1030. The fourth-order valence-corrected chi connectivity index (χ4v) is 3.89. The molecule has 3 aromatic carbocycles. The number of thiazole rings is 1. The van der Waals surface area contributed by atoms with Crippen molar-refractivity contribution in [2.75, 3.05) is 11.9 Å². The minimum Gasteiger partial charge on any atom is -0.382 e. The monoisotopic (exact) mass is 356 g/mol. The molecule has 0 saturated carbocycles. The van der Waals surface area contributed by atoms with E-state index in [0.29, 0.717) is 0 Å². The maximum atomic E-state index is 4.75. The summed E-state index contributed by atoms with van der Waals surface area (Å²) >= 11 is 1.75. The first-order chi connectivity index (χ1) is 12.8. The van der Waals surface area contributed by atoms with E-state index in [4.69, 9.17) is 4.98 Å². The van der Waals surface area contributed by atoms with Gasteiger partial charge < -0.3 is 5.32 Å². The van der Waals surface area contributed by atoms with E-state index < -0.39 is 0 Å². The van der Waals surface area contributed by atoms with Crippen LogP contribution in [0.1, 0.15) is 11.1 Å². The van der Waals surface area contributed by atoms with Gasteiger partial charge in [0.15, 0.2) is 0 Å². The molecule has 1 N–H and O–H groups in total. The Morgan fingerprint density at radius 1 is 0.962 bits per heavy atom. The normalized spacial score (nSPS) is 11.3. The highest BCUT2D eigenvalue weighted by Gasteiger charge is 2.06. The quantitative estimate of drug-likeness (QED) is 0.448. The largest absolute Gasteiger partial charge is 0.382 e. The van der Waals surface area contributed by atoms with E-state index in [2.05, 4.69) is 91.1 Å². The third-order valence-electron chi connectivity index (χ3n) is 4.21. The summed E-state index contributed by atoms with van der Waals surface area (Å²) in [6.07, 6.45) is 4.27. The molecule has 1 aromatic heterocycles. The number of aryl methyl sites for hydroxylation is 1. The second-order valence-electron chi connectivity index (χ2n) is 6.26. The van der Waals surface area contributed by atoms with E-state index in [-0.39, 0.29) is 0 Å². The lowest BCUT2D eigenvalue weighted by molar-refractivity contribution is 1.34. The molecule has 4 rings (SSSR count). The van der Waals surface area contributed by atoms with Gasteiger partial charge in [0.1, 0.15) is 5.01 Å². The average Bonchev–Trinajstić information content (AvgIpc) is 3.10. The van der Waals surface area contributed by atoms with E-state index in [1.54, 1.807) is 11.3 Å². The first kappa shape index (κ1) is 16.6. The summed E-state index contributed by atoms with van der Waals surface area (Å²) in [7, 11) is 0. The number of anilines is 1. The van der Waals surface area contributed by atoms with Gasteiger partial charge in [0, 0.05) is 17.8 Å². The minimum absolute atomic E-state index is 0.800. The molecule has 0 bridgehead atoms. The first-order valence-corrected chi connectivity index (χ1v) is 9.53. The molecule has 1 heterocycles. The Kier molecular flexibility index (Phi) is 4.80. The van der Waals surface area contributed by atoms with E-state index in [1.807, 2.05) is 6.07 Å².